The fraction of sp³-hybridized carbons (Fsp3) is 0.778. The lowest BCUT2D eigenvalue weighted by atomic mass is 9.91. The predicted octanol–water partition coefficient (Wildman–Crippen LogP) is 3.37. The Morgan fingerprint density at radius 2 is 1.90 bits per heavy atom. The molecule has 1 aliphatic carbocycles. The monoisotopic (exact) mass is 288 g/mol. The van der Waals surface area contributed by atoms with E-state index in [1.807, 2.05) is 0 Å². The number of rotatable bonds is 5. The van der Waals surface area contributed by atoms with E-state index in [9.17, 15) is 0 Å². The molecular formula is C18H28N2O. The zero-order valence-corrected chi connectivity index (χ0v) is 13.3. The minimum Gasteiger partial charge on any atom is -0.464 e. The molecule has 4 rings (SSSR count). The topological polar surface area (TPSA) is 28.4 Å². The molecule has 1 aromatic heterocycles. The Kier molecular flexibility index (Phi) is 3.58. The van der Waals surface area contributed by atoms with E-state index in [2.05, 4.69) is 36.3 Å². The van der Waals surface area contributed by atoms with Crippen LogP contribution in [0.3, 0.4) is 0 Å². The van der Waals surface area contributed by atoms with Gasteiger partial charge in [0, 0.05) is 18.0 Å². The third kappa shape index (κ3) is 2.78. The zero-order chi connectivity index (χ0) is 14.4. The van der Waals surface area contributed by atoms with E-state index in [1.54, 1.807) is 0 Å². The van der Waals surface area contributed by atoms with E-state index in [4.69, 9.17) is 4.42 Å². The molecule has 3 aliphatic rings. The molecule has 2 saturated heterocycles. The maximum absolute atomic E-state index is 5.97. The van der Waals surface area contributed by atoms with E-state index in [0.717, 1.165) is 42.8 Å². The SMILES string of the molecule is CC1CC1c1ccc(CNCC2CC3CCC(C2)N3C)o1. The maximum atomic E-state index is 5.97. The van der Waals surface area contributed by atoms with Crippen LogP contribution in [0.15, 0.2) is 16.5 Å². The van der Waals surface area contributed by atoms with Crippen molar-refractivity contribution in [3.8, 4) is 0 Å². The molecule has 21 heavy (non-hydrogen) atoms. The second kappa shape index (κ2) is 5.44. The molecule has 1 saturated carbocycles. The highest BCUT2D eigenvalue weighted by Gasteiger charge is 2.38. The van der Waals surface area contributed by atoms with Crippen LogP contribution in [0.4, 0.5) is 0 Å². The maximum Gasteiger partial charge on any atom is 0.117 e. The molecule has 2 bridgehead atoms. The Labute approximate surface area is 128 Å². The first-order valence-electron chi connectivity index (χ1n) is 8.72. The summed E-state index contributed by atoms with van der Waals surface area (Å²) in [5, 5.41) is 3.63. The van der Waals surface area contributed by atoms with Gasteiger partial charge in [-0.3, -0.25) is 0 Å². The largest absolute Gasteiger partial charge is 0.464 e. The molecule has 3 fully saturated rings. The van der Waals surface area contributed by atoms with Crippen molar-refractivity contribution in [2.75, 3.05) is 13.6 Å². The molecule has 1 N–H and O–H groups in total. The number of fused-ring (bicyclic) bond motifs is 2. The van der Waals surface area contributed by atoms with Gasteiger partial charge in [-0.15, -0.1) is 0 Å². The first-order chi connectivity index (χ1) is 10.2. The molecule has 4 atom stereocenters. The second-order valence-electron chi connectivity index (χ2n) is 7.64. The van der Waals surface area contributed by atoms with Crippen LogP contribution < -0.4 is 5.32 Å². The summed E-state index contributed by atoms with van der Waals surface area (Å²) in [7, 11) is 2.31. The summed E-state index contributed by atoms with van der Waals surface area (Å²) < 4.78 is 5.97. The van der Waals surface area contributed by atoms with Crippen molar-refractivity contribution < 1.29 is 4.42 Å². The third-order valence-electron chi connectivity index (χ3n) is 6.09. The summed E-state index contributed by atoms with van der Waals surface area (Å²) >= 11 is 0. The van der Waals surface area contributed by atoms with Gasteiger partial charge in [0.15, 0.2) is 0 Å². The van der Waals surface area contributed by atoms with Crippen LogP contribution in [0, 0.1) is 11.8 Å². The van der Waals surface area contributed by atoms with Crippen LogP contribution in [0.5, 0.6) is 0 Å². The van der Waals surface area contributed by atoms with Crippen molar-refractivity contribution in [3.63, 3.8) is 0 Å². The molecule has 3 heteroatoms. The molecular weight excluding hydrogens is 260 g/mol. The number of piperidine rings is 1. The fourth-order valence-corrected chi connectivity index (χ4v) is 4.50. The highest BCUT2D eigenvalue weighted by atomic mass is 16.3. The molecule has 0 radical (unpaired) electrons. The first kappa shape index (κ1) is 13.8. The number of hydrogen-bond acceptors (Lipinski definition) is 3. The van der Waals surface area contributed by atoms with Crippen molar-refractivity contribution in [2.24, 2.45) is 11.8 Å². The molecule has 1 aromatic rings. The molecule has 0 aromatic carbocycles. The molecule has 3 nitrogen and oxygen atoms in total. The quantitative estimate of drug-likeness (QED) is 0.900. The normalized spacial score (nSPS) is 38.9. The van der Waals surface area contributed by atoms with Crippen molar-refractivity contribution in [2.45, 2.75) is 63.6 Å². The van der Waals surface area contributed by atoms with E-state index in [1.165, 1.54) is 37.9 Å². The van der Waals surface area contributed by atoms with Gasteiger partial charge < -0.3 is 14.6 Å². The minimum absolute atomic E-state index is 0.697. The summed E-state index contributed by atoms with van der Waals surface area (Å²) in [6.45, 7) is 4.35. The molecule has 2 aliphatic heterocycles. The Morgan fingerprint density at radius 3 is 2.57 bits per heavy atom. The number of nitrogens with one attached hydrogen (secondary N) is 1. The van der Waals surface area contributed by atoms with E-state index >= 15 is 0 Å². The summed E-state index contributed by atoms with van der Waals surface area (Å²) in [5.74, 6) is 4.70. The van der Waals surface area contributed by atoms with E-state index in [-0.39, 0.29) is 0 Å². The Hall–Kier alpha value is -0.800. The lowest BCUT2D eigenvalue weighted by Crippen LogP contribution is -2.42. The van der Waals surface area contributed by atoms with Gasteiger partial charge in [0.05, 0.1) is 6.54 Å². The predicted molar refractivity (Wildman–Crippen MR) is 84.2 cm³/mol. The zero-order valence-electron chi connectivity index (χ0n) is 13.3. The van der Waals surface area contributed by atoms with Crippen LogP contribution in [-0.2, 0) is 6.54 Å². The number of nitrogens with zero attached hydrogens (tertiary/aromatic N) is 1. The van der Waals surface area contributed by atoms with Crippen molar-refractivity contribution in [1.82, 2.24) is 10.2 Å². The van der Waals surface area contributed by atoms with Gasteiger partial charge >= 0.3 is 0 Å². The highest BCUT2D eigenvalue weighted by molar-refractivity contribution is 5.17. The Balaban J connectivity index is 1.24. The van der Waals surface area contributed by atoms with E-state index in [0.29, 0.717) is 5.92 Å². The summed E-state index contributed by atoms with van der Waals surface area (Å²) in [6, 6.07) is 6.04. The van der Waals surface area contributed by atoms with Gasteiger partial charge in [-0.2, -0.15) is 0 Å². The number of furan rings is 1. The van der Waals surface area contributed by atoms with Crippen molar-refractivity contribution in [3.05, 3.63) is 23.7 Å². The van der Waals surface area contributed by atoms with E-state index < -0.39 is 0 Å². The summed E-state index contributed by atoms with van der Waals surface area (Å²) in [4.78, 5) is 2.62. The molecule has 116 valence electrons. The molecule has 3 heterocycles. The Morgan fingerprint density at radius 1 is 1.19 bits per heavy atom. The van der Waals surface area contributed by atoms with Crippen molar-refractivity contribution >= 4 is 0 Å². The Bertz CT molecular complexity index is 483. The van der Waals surface area contributed by atoms with Crippen LogP contribution >= 0.6 is 0 Å². The smallest absolute Gasteiger partial charge is 0.117 e. The summed E-state index contributed by atoms with van der Waals surface area (Å²) in [6.07, 6.45) is 6.89. The van der Waals surface area contributed by atoms with Crippen LogP contribution in [0.25, 0.3) is 0 Å². The van der Waals surface area contributed by atoms with Gasteiger partial charge in [0.1, 0.15) is 11.5 Å². The number of hydrogen-bond donors (Lipinski definition) is 1. The molecule has 4 unspecified atom stereocenters. The van der Waals surface area contributed by atoms with Crippen LogP contribution in [0.2, 0.25) is 0 Å². The van der Waals surface area contributed by atoms with Crippen LogP contribution in [-0.4, -0.2) is 30.6 Å². The molecule has 0 spiro atoms. The van der Waals surface area contributed by atoms with Gasteiger partial charge in [0.25, 0.3) is 0 Å². The second-order valence-corrected chi connectivity index (χ2v) is 7.64. The highest BCUT2D eigenvalue weighted by Crippen LogP contribution is 2.47. The van der Waals surface area contributed by atoms with Gasteiger partial charge in [-0.25, -0.2) is 0 Å². The lowest BCUT2D eigenvalue weighted by molar-refractivity contribution is 0.132. The average molecular weight is 288 g/mol. The van der Waals surface area contributed by atoms with Crippen LogP contribution in [0.1, 0.15) is 56.5 Å². The lowest BCUT2D eigenvalue weighted by Gasteiger charge is -2.36. The standard InChI is InChI=1S/C18H28N2O/c1-12-7-17(12)18-6-5-16(21-18)11-19-10-13-8-14-3-4-15(9-13)20(14)2/h5-6,12-15,17,19H,3-4,7-11H2,1-2H3. The van der Waals surface area contributed by atoms with Crippen molar-refractivity contribution in [1.29, 1.82) is 0 Å². The first-order valence-corrected chi connectivity index (χ1v) is 8.72. The average Bonchev–Trinajstić information content (AvgIpc) is 2.95. The van der Waals surface area contributed by atoms with Gasteiger partial charge in [-0.05, 0) is 69.7 Å². The fourth-order valence-electron chi connectivity index (χ4n) is 4.50. The van der Waals surface area contributed by atoms with Gasteiger partial charge in [-0.1, -0.05) is 6.92 Å². The van der Waals surface area contributed by atoms with Gasteiger partial charge in [0.2, 0.25) is 0 Å². The third-order valence-corrected chi connectivity index (χ3v) is 6.09. The summed E-state index contributed by atoms with van der Waals surface area (Å²) in [5.41, 5.74) is 0. The minimum atomic E-state index is 0.697. The molecule has 0 amide bonds.